The van der Waals surface area contributed by atoms with E-state index in [9.17, 15) is 20.0 Å². The number of hydrogen-bond donors (Lipinski definition) is 1. The number of nitro groups is 1. The van der Waals surface area contributed by atoms with Crippen molar-refractivity contribution in [2.75, 3.05) is 0 Å². The van der Waals surface area contributed by atoms with E-state index < -0.39 is 16.5 Å². The van der Waals surface area contributed by atoms with Gasteiger partial charge in [-0.2, -0.15) is 0 Å². The lowest BCUT2D eigenvalue weighted by atomic mass is 9.78. The van der Waals surface area contributed by atoms with Crippen LogP contribution in [0.4, 0.5) is 5.69 Å². The zero-order valence-corrected chi connectivity index (χ0v) is 13.5. The molecule has 6 heteroatoms. The van der Waals surface area contributed by atoms with Gasteiger partial charge < -0.3 is 9.84 Å². The van der Waals surface area contributed by atoms with Crippen molar-refractivity contribution in [2.45, 2.75) is 45.3 Å². The van der Waals surface area contributed by atoms with Gasteiger partial charge in [-0.25, -0.2) is 4.79 Å². The second-order valence-corrected chi connectivity index (χ2v) is 6.47. The highest BCUT2D eigenvalue weighted by atomic mass is 16.6. The molecule has 0 aliphatic heterocycles. The number of aliphatic hydroxyl groups is 1. The molecule has 124 valence electrons. The fourth-order valence-corrected chi connectivity index (χ4v) is 2.63. The second kappa shape index (κ2) is 6.50. The van der Waals surface area contributed by atoms with Gasteiger partial charge in [0.25, 0.3) is 5.69 Å². The highest BCUT2D eigenvalue weighted by Crippen LogP contribution is 2.33. The standard InChI is InChI=1S/C17H21NO5/c1-11-4-7-13(17(2,3)20)10-15(11)23-16(19)12-5-8-14(9-6-12)18(21)22/h4-6,8-9,13,15,20H,7,10H2,1-3H3/t13-,15+/m1/s1. The van der Waals surface area contributed by atoms with Crippen molar-refractivity contribution in [1.29, 1.82) is 0 Å². The summed E-state index contributed by atoms with van der Waals surface area (Å²) in [7, 11) is 0. The predicted octanol–water partition coefficient (Wildman–Crippen LogP) is 3.25. The molecule has 0 amide bonds. The Hall–Kier alpha value is -2.21. The third kappa shape index (κ3) is 4.16. The number of non-ortho nitro benzene ring substituents is 1. The molecular weight excluding hydrogens is 298 g/mol. The minimum Gasteiger partial charge on any atom is -0.454 e. The SMILES string of the molecule is CC1=CC[C@@H](C(C)(C)O)C[C@@H]1OC(=O)c1ccc([N+](=O)[O-])cc1. The molecule has 2 atom stereocenters. The van der Waals surface area contributed by atoms with E-state index in [4.69, 9.17) is 4.74 Å². The molecule has 0 bridgehead atoms. The van der Waals surface area contributed by atoms with Gasteiger partial charge in [-0.1, -0.05) is 6.08 Å². The summed E-state index contributed by atoms with van der Waals surface area (Å²) < 4.78 is 5.53. The molecule has 1 aliphatic rings. The van der Waals surface area contributed by atoms with E-state index in [1.54, 1.807) is 13.8 Å². The number of carbonyl (C=O) groups excluding carboxylic acids is 1. The summed E-state index contributed by atoms with van der Waals surface area (Å²) in [6.07, 6.45) is 2.91. The number of ether oxygens (including phenoxy) is 1. The third-order valence-corrected chi connectivity index (χ3v) is 4.29. The van der Waals surface area contributed by atoms with E-state index in [1.807, 2.05) is 13.0 Å². The molecule has 0 unspecified atom stereocenters. The number of carbonyl (C=O) groups is 1. The maximum Gasteiger partial charge on any atom is 0.338 e. The number of benzene rings is 1. The normalized spacial score (nSPS) is 21.5. The van der Waals surface area contributed by atoms with Gasteiger partial charge in [0.2, 0.25) is 0 Å². The largest absolute Gasteiger partial charge is 0.454 e. The van der Waals surface area contributed by atoms with Crippen molar-refractivity contribution in [3.8, 4) is 0 Å². The smallest absolute Gasteiger partial charge is 0.338 e. The van der Waals surface area contributed by atoms with Crippen molar-refractivity contribution in [3.63, 3.8) is 0 Å². The molecular formula is C17H21NO5. The molecule has 0 heterocycles. The Morgan fingerprint density at radius 3 is 2.48 bits per heavy atom. The number of nitrogens with zero attached hydrogens (tertiary/aromatic N) is 1. The Kier molecular flexibility index (Phi) is 4.85. The molecule has 0 spiro atoms. The molecule has 6 nitrogen and oxygen atoms in total. The van der Waals surface area contributed by atoms with E-state index >= 15 is 0 Å². The molecule has 2 rings (SSSR count). The topological polar surface area (TPSA) is 89.7 Å². The highest BCUT2D eigenvalue weighted by Gasteiger charge is 2.33. The van der Waals surface area contributed by atoms with Crippen molar-refractivity contribution in [3.05, 3.63) is 51.6 Å². The fraction of sp³-hybridized carbons (Fsp3) is 0.471. The van der Waals surface area contributed by atoms with Crippen LogP contribution in [0.3, 0.4) is 0 Å². The quantitative estimate of drug-likeness (QED) is 0.398. The third-order valence-electron chi connectivity index (χ3n) is 4.29. The average molecular weight is 319 g/mol. The van der Waals surface area contributed by atoms with Crippen LogP contribution in [0.5, 0.6) is 0 Å². The van der Waals surface area contributed by atoms with Gasteiger partial charge in [-0.15, -0.1) is 0 Å². The minimum atomic E-state index is -0.838. The monoisotopic (exact) mass is 319 g/mol. The number of allylic oxidation sites excluding steroid dienone is 1. The zero-order chi connectivity index (χ0) is 17.2. The van der Waals surface area contributed by atoms with Crippen LogP contribution in [0, 0.1) is 16.0 Å². The molecule has 1 N–H and O–H groups in total. The van der Waals surface area contributed by atoms with Crippen LogP contribution in [0.1, 0.15) is 44.0 Å². The Balaban J connectivity index is 2.08. The first-order chi connectivity index (χ1) is 10.7. The van der Waals surface area contributed by atoms with E-state index in [1.165, 1.54) is 24.3 Å². The lowest BCUT2D eigenvalue weighted by molar-refractivity contribution is -0.384. The maximum absolute atomic E-state index is 12.2. The van der Waals surface area contributed by atoms with Crippen LogP contribution in [0.15, 0.2) is 35.9 Å². The van der Waals surface area contributed by atoms with Crippen LogP contribution in [-0.4, -0.2) is 27.7 Å². The molecule has 1 aliphatic carbocycles. The van der Waals surface area contributed by atoms with Gasteiger partial charge in [-0.05, 0) is 57.2 Å². The van der Waals surface area contributed by atoms with E-state index in [-0.39, 0.29) is 23.3 Å². The van der Waals surface area contributed by atoms with Gasteiger partial charge in [0.05, 0.1) is 16.1 Å². The number of esters is 1. The minimum absolute atomic E-state index is 0.0147. The van der Waals surface area contributed by atoms with E-state index in [0.29, 0.717) is 6.42 Å². The summed E-state index contributed by atoms with van der Waals surface area (Å²) in [4.78, 5) is 22.3. The van der Waals surface area contributed by atoms with Crippen molar-refractivity contribution in [2.24, 2.45) is 5.92 Å². The van der Waals surface area contributed by atoms with Crippen molar-refractivity contribution < 1.29 is 19.6 Å². The summed E-state index contributed by atoms with van der Waals surface area (Å²) in [6, 6.07) is 5.32. The summed E-state index contributed by atoms with van der Waals surface area (Å²) in [5, 5.41) is 20.8. The molecule has 1 aromatic carbocycles. The Morgan fingerprint density at radius 2 is 1.96 bits per heavy atom. The summed E-state index contributed by atoms with van der Waals surface area (Å²) in [5.74, 6) is -0.505. The summed E-state index contributed by atoms with van der Waals surface area (Å²) >= 11 is 0. The molecule has 1 aromatic rings. The lowest BCUT2D eigenvalue weighted by Gasteiger charge is -2.35. The predicted molar refractivity (Wildman–Crippen MR) is 85.1 cm³/mol. The zero-order valence-electron chi connectivity index (χ0n) is 13.5. The van der Waals surface area contributed by atoms with E-state index in [0.717, 1.165) is 12.0 Å². The molecule has 0 saturated heterocycles. The van der Waals surface area contributed by atoms with Gasteiger partial charge >= 0.3 is 5.97 Å². The van der Waals surface area contributed by atoms with E-state index in [2.05, 4.69) is 0 Å². The van der Waals surface area contributed by atoms with Crippen LogP contribution in [-0.2, 0) is 4.74 Å². The molecule has 0 saturated carbocycles. The molecule has 23 heavy (non-hydrogen) atoms. The first-order valence-electron chi connectivity index (χ1n) is 7.53. The van der Waals surface area contributed by atoms with Crippen molar-refractivity contribution in [1.82, 2.24) is 0 Å². The molecule has 0 fully saturated rings. The molecule has 0 aromatic heterocycles. The number of nitro benzene ring substituents is 1. The van der Waals surface area contributed by atoms with Gasteiger partial charge in [0.1, 0.15) is 6.10 Å². The van der Waals surface area contributed by atoms with Crippen LogP contribution in [0.2, 0.25) is 0 Å². The molecule has 0 radical (unpaired) electrons. The summed E-state index contributed by atoms with van der Waals surface area (Å²) in [6.45, 7) is 5.40. The van der Waals surface area contributed by atoms with Crippen LogP contribution >= 0.6 is 0 Å². The second-order valence-electron chi connectivity index (χ2n) is 6.47. The van der Waals surface area contributed by atoms with Gasteiger partial charge in [-0.3, -0.25) is 10.1 Å². The maximum atomic E-state index is 12.2. The first kappa shape index (κ1) is 17.1. The van der Waals surface area contributed by atoms with Crippen LogP contribution < -0.4 is 0 Å². The fourth-order valence-electron chi connectivity index (χ4n) is 2.63. The Bertz CT molecular complexity index is 627. The van der Waals surface area contributed by atoms with Gasteiger partial charge in [0, 0.05) is 12.1 Å². The summed E-state index contributed by atoms with van der Waals surface area (Å²) in [5.41, 5.74) is 0.321. The first-order valence-corrected chi connectivity index (χ1v) is 7.53. The lowest BCUT2D eigenvalue weighted by Crippen LogP contribution is -2.37. The Labute approximate surface area is 134 Å². The Morgan fingerprint density at radius 1 is 1.35 bits per heavy atom. The number of hydrogen-bond acceptors (Lipinski definition) is 5. The highest BCUT2D eigenvalue weighted by molar-refractivity contribution is 5.89. The van der Waals surface area contributed by atoms with Crippen molar-refractivity contribution >= 4 is 11.7 Å². The average Bonchev–Trinajstić information content (AvgIpc) is 2.48. The van der Waals surface area contributed by atoms with Crippen LogP contribution in [0.25, 0.3) is 0 Å². The van der Waals surface area contributed by atoms with Gasteiger partial charge in [0.15, 0.2) is 0 Å². The number of rotatable bonds is 4.